The summed E-state index contributed by atoms with van der Waals surface area (Å²) in [6.45, 7) is 0. The molecule has 0 saturated carbocycles. The van der Waals surface area contributed by atoms with Crippen molar-refractivity contribution < 1.29 is 15.0 Å². The fourth-order valence-electron chi connectivity index (χ4n) is 0.826. The van der Waals surface area contributed by atoms with Crippen molar-refractivity contribution in [2.45, 2.75) is 6.42 Å². The number of hydrogen-bond donors (Lipinski definition) is 2. The van der Waals surface area contributed by atoms with Crippen LogP contribution in [0.15, 0.2) is 22.7 Å². The van der Waals surface area contributed by atoms with E-state index in [0.29, 0.717) is 5.56 Å². The second-order valence-electron chi connectivity index (χ2n) is 2.53. The van der Waals surface area contributed by atoms with Crippen molar-refractivity contribution in [2.24, 2.45) is 0 Å². The van der Waals surface area contributed by atoms with Crippen LogP contribution in [0.2, 0.25) is 0 Å². The number of rotatable bonds is 1. The quantitative estimate of drug-likeness (QED) is 0.754. The van der Waals surface area contributed by atoms with Crippen molar-refractivity contribution in [1.82, 2.24) is 0 Å². The second-order valence-corrected chi connectivity index (χ2v) is 3.45. The molecular weight excluding hydrogens is 248 g/mol. The zero-order chi connectivity index (χ0) is 10.6. The van der Waals surface area contributed by atoms with E-state index >= 15 is 0 Å². The highest BCUT2D eigenvalue weighted by atomic mass is 79.9. The van der Waals surface area contributed by atoms with Crippen LogP contribution >= 0.6 is 15.9 Å². The van der Waals surface area contributed by atoms with Crippen LogP contribution in [0.1, 0.15) is 12.0 Å². The van der Waals surface area contributed by atoms with E-state index in [9.17, 15) is 9.90 Å². The third-order valence-corrected chi connectivity index (χ3v) is 1.92. The Morgan fingerprint density at radius 2 is 2.21 bits per heavy atom. The van der Waals surface area contributed by atoms with Crippen LogP contribution in [0.5, 0.6) is 5.75 Å². The normalized spacial score (nSPS) is 8.93. The van der Waals surface area contributed by atoms with Gasteiger partial charge in [-0.3, -0.25) is 4.79 Å². The number of phenolic OH excluding ortho intramolecular Hbond substituents is 1. The average Bonchev–Trinajstić information content (AvgIpc) is 2.08. The van der Waals surface area contributed by atoms with Gasteiger partial charge in [-0.1, -0.05) is 27.8 Å². The van der Waals surface area contributed by atoms with Crippen LogP contribution in [0.4, 0.5) is 0 Å². The van der Waals surface area contributed by atoms with Crippen molar-refractivity contribution in [2.75, 3.05) is 0 Å². The van der Waals surface area contributed by atoms with Crippen molar-refractivity contribution in [3.63, 3.8) is 0 Å². The molecule has 0 unspecified atom stereocenters. The van der Waals surface area contributed by atoms with Crippen LogP contribution in [-0.4, -0.2) is 16.2 Å². The molecule has 0 aliphatic rings. The first-order valence-electron chi connectivity index (χ1n) is 3.79. The molecule has 0 amide bonds. The topological polar surface area (TPSA) is 57.5 Å². The molecule has 0 bridgehead atoms. The highest BCUT2D eigenvalue weighted by Crippen LogP contribution is 2.21. The van der Waals surface area contributed by atoms with Gasteiger partial charge >= 0.3 is 5.97 Å². The van der Waals surface area contributed by atoms with Crippen LogP contribution in [0.25, 0.3) is 0 Å². The Kier molecular flexibility index (Phi) is 3.55. The molecule has 0 atom stereocenters. The van der Waals surface area contributed by atoms with E-state index in [-0.39, 0.29) is 12.2 Å². The fraction of sp³-hybridized carbons (Fsp3) is 0.100. The molecule has 4 heteroatoms. The molecule has 0 saturated heterocycles. The fourth-order valence-corrected chi connectivity index (χ4v) is 1.17. The minimum atomic E-state index is -0.978. The molecule has 0 aliphatic carbocycles. The highest BCUT2D eigenvalue weighted by molar-refractivity contribution is 9.10. The maximum absolute atomic E-state index is 10.2. The highest BCUT2D eigenvalue weighted by Gasteiger charge is 1.97. The number of carboxylic acids is 1. The lowest BCUT2D eigenvalue weighted by atomic mass is 10.2. The van der Waals surface area contributed by atoms with Gasteiger partial charge in [-0.25, -0.2) is 0 Å². The van der Waals surface area contributed by atoms with Gasteiger partial charge < -0.3 is 10.2 Å². The largest absolute Gasteiger partial charge is 0.507 e. The van der Waals surface area contributed by atoms with E-state index in [1.54, 1.807) is 12.1 Å². The molecule has 0 heterocycles. The van der Waals surface area contributed by atoms with E-state index < -0.39 is 5.97 Å². The summed E-state index contributed by atoms with van der Waals surface area (Å²) in [6.07, 6.45) is -0.227. The predicted molar refractivity (Wildman–Crippen MR) is 54.9 cm³/mol. The first-order valence-corrected chi connectivity index (χ1v) is 4.58. The van der Waals surface area contributed by atoms with Gasteiger partial charge in [-0.15, -0.1) is 0 Å². The van der Waals surface area contributed by atoms with Crippen molar-refractivity contribution in [3.05, 3.63) is 28.2 Å². The molecule has 1 rings (SSSR count). The number of phenols is 1. The Hall–Kier alpha value is -1.47. The van der Waals surface area contributed by atoms with E-state index in [1.165, 1.54) is 6.07 Å². The molecule has 1 aromatic rings. The number of carbonyl (C=O) groups is 1. The standard InChI is InChI=1S/C10H7BrO3/c11-8-5-4-7(9(12)6-8)2-1-3-10(13)14/h4-6,12H,3H2,(H,13,14). The maximum Gasteiger partial charge on any atom is 0.315 e. The van der Waals surface area contributed by atoms with E-state index in [4.69, 9.17) is 5.11 Å². The average molecular weight is 255 g/mol. The number of carboxylic acid groups (broad SMARTS) is 1. The Morgan fingerprint density at radius 1 is 1.50 bits per heavy atom. The number of hydrogen-bond acceptors (Lipinski definition) is 2. The van der Waals surface area contributed by atoms with Crippen LogP contribution < -0.4 is 0 Å². The Morgan fingerprint density at radius 3 is 2.79 bits per heavy atom. The summed E-state index contributed by atoms with van der Waals surface area (Å²) in [7, 11) is 0. The lowest BCUT2D eigenvalue weighted by Crippen LogP contribution is -1.90. The maximum atomic E-state index is 10.2. The molecule has 0 aliphatic heterocycles. The lowest BCUT2D eigenvalue weighted by Gasteiger charge is -1.96. The van der Waals surface area contributed by atoms with Crippen LogP contribution in [0, 0.1) is 11.8 Å². The molecule has 0 radical (unpaired) electrons. The Bertz CT molecular complexity index is 415. The number of benzene rings is 1. The van der Waals surface area contributed by atoms with Crippen molar-refractivity contribution >= 4 is 21.9 Å². The van der Waals surface area contributed by atoms with Crippen molar-refractivity contribution in [3.8, 4) is 17.6 Å². The Labute approximate surface area is 89.5 Å². The molecular formula is C10H7BrO3. The third-order valence-electron chi connectivity index (χ3n) is 1.42. The predicted octanol–water partition coefficient (Wildman–Crippen LogP) is 1.98. The first kappa shape index (κ1) is 10.6. The van der Waals surface area contributed by atoms with Crippen molar-refractivity contribution in [1.29, 1.82) is 0 Å². The SMILES string of the molecule is O=C(O)CC#Cc1ccc(Br)cc1O. The number of halogens is 1. The van der Waals surface area contributed by atoms with Gasteiger partial charge in [0.1, 0.15) is 12.2 Å². The molecule has 72 valence electrons. The van der Waals surface area contributed by atoms with Gasteiger partial charge in [0.25, 0.3) is 0 Å². The van der Waals surface area contributed by atoms with E-state index in [1.807, 2.05) is 0 Å². The molecule has 1 aromatic carbocycles. The molecule has 0 fully saturated rings. The molecule has 0 spiro atoms. The monoisotopic (exact) mass is 254 g/mol. The van der Waals surface area contributed by atoms with Gasteiger partial charge in [-0.05, 0) is 18.2 Å². The van der Waals surface area contributed by atoms with Crippen LogP contribution in [0.3, 0.4) is 0 Å². The molecule has 0 aromatic heterocycles. The summed E-state index contributed by atoms with van der Waals surface area (Å²) in [5, 5.41) is 17.7. The van der Waals surface area contributed by atoms with E-state index in [0.717, 1.165) is 4.47 Å². The number of aliphatic carboxylic acids is 1. The summed E-state index contributed by atoms with van der Waals surface area (Å²) < 4.78 is 0.749. The minimum absolute atomic E-state index is 0.0391. The first-order chi connectivity index (χ1) is 6.59. The zero-order valence-corrected chi connectivity index (χ0v) is 8.71. The van der Waals surface area contributed by atoms with E-state index in [2.05, 4.69) is 27.8 Å². The summed E-state index contributed by atoms with van der Waals surface area (Å²) in [5.74, 6) is 4.07. The smallest absolute Gasteiger partial charge is 0.315 e. The summed E-state index contributed by atoms with van der Waals surface area (Å²) in [6, 6.07) is 4.85. The Balaban J connectivity index is 2.85. The second kappa shape index (κ2) is 4.68. The van der Waals surface area contributed by atoms with Gasteiger partial charge in [0.15, 0.2) is 0 Å². The van der Waals surface area contributed by atoms with Crippen LogP contribution in [-0.2, 0) is 4.79 Å². The summed E-state index contributed by atoms with van der Waals surface area (Å²) >= 11 is 3.19. The molecule has 3 nitrogen and oxygen atoms in total. The summed E-state index contributed by atoms with van der Waals surface area (Å²) in [4.78, 5) is 10.2. The molecule has 14 heavy (non-hydrogen) atoms. The van der Waals surface area contributed by atoms with Gasteiger partial charge in [0.2, 0.25) is 0 Å². The van der Waals surface area contributed by atoms with Gasteiger partial charge in [0, 0.05) is 4.47 Å². The number of aromatic hydroxyl groups is 1. The summed E-state index contributed by atoms with van der Waals surface area (Å²) in [5.41, 5.74) is 0.425. The zero-order valence-electron chi connectivity index (χ0n) is 7.12. The third kappa shape index (κ3) is 3.11. The van der Waals surface area contributed by atoms with Gasteiger partial charge in [-0.2, -0.15) is 0 Å². The lowest BCUT2D eigenvalue weighted by molar-refractivity contribution is -0.135. The van der Waals surface area contributed by atoms with Gasteiger partial charge in [0.05, 0.1) is 5.56 Å². The molecule has 2 N–H and O–H groups in total. The minimum Gasteiger partial charge on any atom is -0.507 e.